The van der Waals surface area contributed by atoms with E-state index in [2.05, 4.69) is 29.8 Å². The number of rotatable bonds is 9. The zero-order valence-corrected chi connectivity index (χ0v) is 14.4. The predicted octanol–water partition coefficient (Wildman–Crippen LogP) is 5.33. The number of hydrogen-bond acceptors (Lipinski definition) is 2. The number of thiophene rings is 1. The summed E-state index contributed by atoms with van der Waals surface area (Å²) in [5, 5.41) is 0. The maximum Gasteiger partial charge on any atom is 0.263 e. The van der Waals surface area contributed by atoms with Crippen molar-refractivity contribution < 1.29 is 4.79 Å². The minimum atomic E-state index is 0.197. The predicted molar refractivity (Wildman–Crippen MR) is 87.0 cm³/mol. The van der Waals surface area contributed by atoms with Crippen molar-refractivity contribution in [1.29, 1.82) is 0 Å². The zero-order valence-electron chi connectivity index (χ0n) is 12.0. The van der Waals surface area contributed by atoms with Crippen LogP contribution < -0.4 is 0 Å². The quantitative estimate of drug-likeness (QED) is 0.553. The molecular formula is C15H24BrNOS. The molecule has 0 aliphatic carbocycles. The van der Waals surface area contributed by atoms with Crippen LogP contribution in [0.3, 0.4) is 0 Å². The Morgan fingerprint density at radius 2 is 1.68 bits per heavy atom. The maximum absolute atomic E-state index is 12.5. The Morgan fingerprint density at radius 3 is 2.11 bits per heavy atom. The van der Waals surface area contributed by atoms with Crippen molar-refractivity contribution in [2.24, 2.45) is 0 Å². The third-order valence-corrected chi connectivity index (χ3v) is 4.75. The number of carbonyl (C=O) groups excluding carboxylic acids is 1. The summed E-state index contributed by atoms with van der Waals surface area (Å²) < 4.78 is 1.03. The van der Waals surface area contributed by atoms with Gasteiger partial charge in [0.25, 0.3) is 5.91 Å². The van der Waals surface area contributed by atoms with E-state index in [9.17, 15) is 4.79 Å². The Hall–Kier alpha value is -0.350. The van der Waals surface area contributed by atoms with Crippen LogP contribution in [0.15, 0.2) is 15.9 Å². The Labute approximate surface area is 129 Å². The number of nitrogens with zero attached hydrogens (tertiary/aromatic N) is 1. The smallest absolute Gasteiger partial charge is 0.263 e. The highest BCUT2D eigenvalue weighted by Crippen LogP contribution is 2.23. The number of halogens is 1. The summed E-state index contributed by atoms with van der Waals surface area (Å²) in [7, 11) is 0. The highest BCUT2D eigenvalue weighted by atomic mass is 79.9. The molecule has 0 N–H and O–H groups in total. The molecule has 0 aromatic carbocycles. The minimum absolute atomic E-state index is 0.197. The molecule has 2 nitrogen and oxygen atoms in total. The molecule has 0 spiro atoms. The van der Waals surface area contributed by atoms with Crippen LogP contribution in [0.1, 0.15) is 62.0 Å². The van der Waals surface area contributed by atoms with Crippen LogP contribution in [0.2, 0.25) is 0 Å². The molecule has 0 saturated heterocycles. The Bertz CT molecular complexity index is 368. The third kappa shape index (κ3) is 6.09. The van der Waals surface area contributed by atoms with Crippen molar-refractivity contribution in [2.75, 3.05) is 13.1 Å². The average molecular weight is 346 g/mol. The Morgan fingerprint density at radius 1 is 1.11 bits per heavy atom. The second kappa shape index (κ2) is 9.54. The topological polar surface area (TPSA) is 20.3 Å². The third-order valence-electron chi connectivity index (χ3n) is 3.13. The van der Waals surface area contributed by atoms with E-state index in [1.807, 2.05) is 17.0 Å². The molecule has 4 heteroatoms. The molecule has 0 aliphatic heterocycles. The standard InChI is InChI=1S/C15H24BrNOS/c1-3-5-7-11-17(12-8-6-4-2)15(18)13-9-10-14(16)19-13/h9-10H,3-8,11-12H2,1-2H3. The van der Waals surface area contributed by atoms with Crippen LogP contribution in [0.5, 0.6) is 0 Å². The molecule has 1 heterocycles. The molecule has 1 aromatic heterocycles. The van der Waals surface area contributed by atoms with Gasteiger partial charge in [-0.2, -0.15) is 0 Å². The van der Waals surface area contributed by atoms with E-state index < -0.39 is 0 Å². The fourth-order valence-corrected chi connectivity index (χ4v) is 3.36. The first-order chi connectivity index (χ1) is 9.19. The largest absolute Gasteiger partial charge is 0.338 e. The van der Waals surface area contributed by atoms with Crippen molar-refractivity contribution in [3.05, 3.63) is 20.8 Å². The molecule has 0 atom stereocenters. The zero-order chi connectivity index (χ0) is 14.1. The van der Waals surface area contributed by atoms with E-state index in [4.69, 9.17) is 0 Å². The van der Waals surface area contributed by atoms with Gasteiger partial charge in [0, 0.05) is 13.1 Å². The lowest BCUT2D eigenvalue weighted by Gasteiger charge is -2.22. The second-order valence-corrected chi connectivity index (χ2v) is 7.27. The van der Waals surface area contributed by atoms with Gasteiger partial charge in [-0.3, -0.25) is 4.79 Å². The average Bonchev–Trinajstić information content (AvgIpc) is 2.83. The molecule has 0 aliphatic rings. The number of amides is 1. The number of carbonyl (C=O) groups is 1. The van der Waals surface area contributed by atoms with E-state index in [1.54, 1.807) is 0 Å². The van der Waals surface area contributed by atoms with Gasteiger partial charge in [-0.15, -0.1) is 11.3 Å². The van der Waals surface area contributed by atoms with Gasteiger partial charge in [-0.25, -0.2) is 0 Å². The summed E-state index contributed by atoms with van der Waals surface area (Å²) in [6.45, 7) is 6.18. The summed E-state index contributed by atoms with van der Waals surface area (Å²) in [6.07, 6.45) is 7.02. The summed E-state index contributed by atoms with van der Waals surface area (Å²) in [6, 6.07) is 3.87. The van der Waals surface area contributed by atoms with Crippen LogP contribution in [0.4, 0.5) is 0 Å². The van der Waals surface area contributed by atoms with Gasteiger partial charge in [0.2, 0.25) is 0 Å². The lowest BCUT2D eigenvalue weighted by molar-refractivity contribution is 0.0754. The van der Waals surface area contributed by atoms with Crippen LogP contribution in [-0.2, 0) is 0 Å². The van der Waals surface area contributed by atoms with Crippen molar-refractivity contribution in [3.63, 3.8) is 0 Å². The molecule has 108 valence electrons. The molecule has 0 unspecified atom stereocenters. The van der Waals surface area contributed by atoms with Gasteiger partial charge >= 0.3 is 0 Å². The van der Waals surface area contributed by atoms with Crippen molar-refractivity contribution in [1.82, 2.24) is 4.90 Å². The fourth-order valence-electron chi connectivity index (χ4n) is 2.01. The summed E-state index contributed by atoms with van der Waals surface area (Å²) in [5.41, 5.74) is 0. The van der Waals surface area contributed by atoms with E-state index in [-0.39, 0.29) is 5.91 Å². The van der Waals surface area contributed by atoms with E-state index in [1.165, 1.54) is 37.0 Å². The van der Waals surface area contributed by atoms with Crippen LogP contribution in [0, 0.1) is 0 Å². The summed E-state index contributed by atoms with van der Waals surface area (Å²) in [5.74, 6) is 0.197. The van der Waals surface area contributed by atoms with Crippen LogP contribution >= 0.6 is 27.3 Å². The Kier molecular flexibility index (Phi) is 8.38. The summed E-state index contributed by atoms with van der Waals surface area (Å²) >= 11 is 4.95. The van der Waals surface area contributed by atoms with Gasteiger partial charge < -0.3 is 4.90 Å². The van der Waals surface area contributed by atoms with E-state index in [0.29, 0.717) is 0 Å². The molecule has 0 bridgehead atoms. The molecule has 1 rings (SSSR count). The second-order valence-electron chi connectivity index (χ2n) is 4.81. The van der Waals surface area contributed by atoms with Gasteiger partial charge in [0.15, 0.2) is 0 Å². The van der Waals surface area contributed by atoms with E-state index >= 15 is 0 Å². The molecular weight excluding hydrogens is 322 g/mol. The highest BCUT2D eigenvalue weighted by molar-refractivity contribution is 9.11. The highest BCUT2D eigenvalue weighted by Gasteiger charge is 2.16. The fraction of sp³-hybridized carbons (Fsp3) is 0.667. The first-order valence-electron chi connectivity index (χ1n) is 7.23. The van der Waals surface area contributed by atoms with Crippen molar-refractivity contribution in [2.45, 2.75) is 52.4 Å². The molecule has 1 aromatic rings. The van der Waals surface area contributed by atoms with Gasteiger partial charge in [0.05, 0.1) is 8.66 Å². The lowest BCUT2D eigenvalue weighted by Crippen LogP contribution is -2.32. The SMILES string of the molecule is CCCCCN(CCCCC)C(=O)c1ccc(Br)s1. The molecule has 19 heavy (non-hydrogen) atoms. The molecule has 0 fully saturated rings. The molecule has 1 amide bonds. The minimum Gasteiger partial charge on any atom is -0.338 e. The normalized spacial score (nSPS) is 10.7. The monoisotopic (exact) mass is 345 g/mol. The molecule has 0 radical (unpaired) electrons. The van der Waals surface area contributed by atoms with Crippen molar-refractivity contribution in [3.8, 4) is 0 Å². The number of hydrogen-bond donors (Lipinski definition) is 0. The van der Waals surface area contributed by atoms with Gasteiger partial charge in [0.1, 0.15) is 0 Å². The maximum atomic E-state index is 12.5. The lowest BCUT2D eigenvalue weighted by atomic mass is 10.2. The van der Waals surface area contributed by atoms with Crippen LogP contribution in [-0.4, -0.2) is 23.9 Å². The van der Waals surface area contributed by atoms with Gasteiger partial charge in [-0.05, 0) is 40.9 Å². The number of unbranched alkanes of at least 4 members (excludes halogenated alkanes) is 4. The van der Waals surface area contributed by atoms with Crippen LogP contribution in [0.25, 0.3) is 0 Å². The summed E-state index contributed by atoms with van der Waals surface area (Å²) in [4.78, 5) is 15.3. The Balaban J connectivity index is 2.57. The van der Waals surface area contributed by atoms with E-state index in [0.717, 1.165) is 34.6 Å². The van der Waals surface area contributed by atoms with Gasteiger partial charge in [-0.1, -0.05) is 39.5 Å². The molecule has 0 saturated carbocycles. The first kappa shape index (κ1) is 16.7. The first-order valence-corrected chi connectivity index (χ1v) is 8.84. The van der Waals surface area contributed by atoms with Crippen molar-refractivity contribution >= 4 is 33.2 Å².